The molecule has 5 aliphatic rings. The SMILES string of the molecule is CCOC(=O)[C@]1(C)CC[C@]2(C)CC[C@]3(C)C4=CC=C5C(=CC(=O)C(OC)=C5C)[C@]4(C)CC[C@@]3(C)[C@@H]2C1. The first-order chi connectivity index (χ1) is 16.8. The normalized spacial score (nSPS) is 43.7. The predicted molar refractivity (Wildman–Crippen MR) is 142 cm³/mol. The van der Waals surface area contributed by atoms with Crippen molar-refractivity contribution in [2.75, 3.05) is 13.7 Å². The molecule has 0 saturated heterocycles. The third-order valence-corrected chi connectivity index (χ3v) is 11.8. The zero-order chi connectivity index (χ0) is 26.3. The molecule has 3 saturated carbocycles. The average molecular weight is 493 g/mol. The van der Waals surface area contributed by atoms with E-state index in [1.807, 2.05) is 19.9 Å². The minimum atomic E-state index is -0.410. The fraction of sp³-hybridized carbons (Fsp3) is 0.688. The predicted octanol–water partition coefficient (Wildman–Crippen LogP) is 7.26. The van der Waals surface area contributed by atoms with Gasteiger partial charge >= 0.3 is 5.97 Å². The van der Waals surface area contributed by atoms with Gasteiger partial charge in [-0.1, -0.05) is 45.4 Å². The number of carbonyl (C=O) groups is 2. The molecule has 6 atom stereocenters. The average Bonchev–Trinajstić information content (AvgIpc) is 2.83. The smallest absolute Gasteiger partial charge is 0.311 e. The first kappa shape index (κ1) is 25.5. The van der Waals surface area contributed by atoms with Gasteiger partial charge in [-0.15, -0.1) is 0 Å². The van der Waals surface area contributed by atoms with Gasteiger partial charge in [-0.05, 0) is 105 Å². The number of ether oxygens (including phenoxy) is 2. The van der Waals surface area contributed by atoms with Crippen LogP contribution in [0.25, 0.3) is 0 Å². The van der Waals surface area contributed by atoms with Crippen LogP contribution >= 0.6 is 0 Å². The zero-order valence-corrected chi connectivity index (χ0v) is 23.6. The first-order valence-corrected chi connectivity index (χ1v) is 13.9. The maximum Gasteiger partial charge on any atom is 0.311 e. The highest BCUT2D eigenvalue weighted by molar-refractivity contribution is 6.07. The van der Waals surface area contributed by atoms with Crippen LogP contribution in [0, 0.1) is 33.0 Å². The Morgan fingerprint density at radius 2 is 1.69 bits per heavy atom. The minimum absolute atomic E-state index is 0.00214. The van der Waals surface area contributed by atoms with E-state index in [0.29, 0.717) is 18.3 Å². The molecule has 4 nitrogen and oxygen atoms in total. The third-order valence-electron chi connectivity index (χ3n) is 11.8. The van der Waals surface area contributed by atoms with Gasteiger partial charge in [0.25, 0.3) is 0 Å². The molecule has 5 aliphatic carbocycles. The van der Waals surface area contributed by atoms with Crippen molar-refractivity contribution in [2.24, 2.45) is 33.0 Å². The topological polar surface area (TPSA) is 52.6 Å². The van der Waals surface area contributed by atoms with Gasteiger partial charge in [-0.2, -0.15) is 0 Å². The highest BCUT2D eigenvalue weighted by Gasteiger charge is 2.67. The van der Waals surface area contributed by atoms with Crippen molar-refractivity contribution in [1.29, 1.82) is 0 Å². The second-order valence-electron chi connectivity index (χ2n) is 13.5. The van der Waals surface area contributed by atoms with Crippen LogP contribution < -0.4 is 0 Å². The lowest BCUT2D eigenvalue weighted by Gasteiger charge is -2.70. The van der Waals surface area contributed by atoms with E-state index in [1.54, 1.807) is 7.11 Å². The second kappa shape index (κ2) is 7.95. The lowest BCUT2D eigenvalue weighted by Crippen LogP contribution is -2.62. The fourth-order valence-electron chi connectivity index (χ4n) is 9.19. The fourth-order valence-corrected chi connectivity index (χ4v) is 9.19. The van der Waals surface area contributed by atoms with Crippen LogP contribution in [0.3, 0.4) is 0 Å². The van der Waals surface area contributed by atoms with Gasteiger partial charge < -0.3 is 9.47 Å². The molecule has 196 valence electrons. The van der Waals surface area contributed by atoms with Crippen molar-refractivity contribution in [3.63, 3.8) is 0 Å². The van der Waals surface area contributed by atoms with Crippen LogP contribution in [0.4, 0.5) is 0 Å². The van der Waals surface area contributed by atoms with Crippen LogP contribution in [-0.4, -0.2) is 25.5 Å². The molecule has 0 aromatic heterocycles. The van der Waals surface area contributed by atoms with Gasteiger partial charge in [0, 0.05) is 11.0 Å². The summed E-state index contributed by atoms with van der Waals surface area (Å²) in [5.41, 5.74) is 4.49. The summed E-state index contributed by atoms with van der Waals surface area (Å²) in [6.07, 6.45) is 13.8. The van der Waals surface area contributed by atoms with E-state index in [-0.39, 0.29) is 33.4 Å². The van der Waals surface area contributed by atoms with Crippen molar-refractivity contribution >= 4 is 11.8 Å². The summed E-state index contributed by atoms with van der Waals surface area (Å²) in [4.78, 5) is 26.1. The number of rotatable bonds is 3. The van der Waals surface area contributed by atoms with Gasteiger partial charge in [-0.25, -0.2) is 0 Å². The molecule has 0 radical (unpaired) electrons. The van der Waals surface area contributed by atoms with Crippen LogP contribution in [0.5, 0.6) is 0 Å². The maximum atomic E-state index is 13.1. The van der Waals surface area contributed by atoms with Gasteiger partial charge in [-0.3, -0.25) is 9.59 Å². The number of carbonyl (C=O) groups excluding carboxylic acids is 2. The largest absolute Gasteiger partial charge is 0.492 e. The Bertz CT molecular complexity index is 1150. The first-order valence-electron chi connectivity index (χ1n) is 13.9. The monoisotopic (exact) mass is 492 g/mol. The van der Waals surface area contributed by atoms with E-state index >= 15 is 0 Å². The van der Waals surface area contributed by atoms with E-state index < -0.39 is 5.41 Å². The summed E-state index contributed by atoms with van der Waals surface area (Å²) in [6.45, 7) is 16.3. The summed E-state index contributed by atoms with van der Waals surface area (Å²) in [5.74, 6) is 0.879. The van der Waals surface area contributed by atoms with E-state index in [1.165, 1.54) is 17.6 Å². The van der Waals surface area contributed by atoms with Crippen LogP contribution in [0.2, 0.25) is 0 Å². The van der Waals surface area contributed by atoms with Gasteiger partial charge in [0.1, 0.15) is 0 Å². The Hall–Kier alpha value is -2.10. The summed E-state index contributed by atoms with van der Waals surface area (Å²) < 4.78 is 11.0. The molecule has 0 bridgehead atoms. The lowest BCUT2D eigenvalue weighted by molar-refractivity contribution is -0.182. The molecule has 0 aromatic carbocycles. The Kier molecular flexibility index (Phi) is 5.64. The Morgan fingerprint density at radius 3 is 2.36 bits per heavy atom. The number of allylic oxidation sites excluding steroid dienone is 7. The molecule has 0 heterocycles. The van der Waals surface area contributed by atoms with Crippen molar-refractivity contribution in [1.82, 2.24) is 0 Å². The second-order valence-corrected chi connectivity index (χ2v) is 13.5. The molecule has 3 fully saturated rings. The summed E-state index contributed by atoms with van der Waals surface area (Å²) in [5, 5.41) is 0. The van der Waals surface area contributed by atoms with E-state index in [2.05, 4.69) is 46.8 Å². The lowest BCUT2D eigenvalue weighted by atomic mass is 9.34. The molecular formula is C32H44O4. The van der Waals surface area contributed by atoms with Crippen molar-refractivity contribution < 1.29 is 19.1 Å². The molecule has 0 spiro atoms. The van der Waals surface area contributed by atoms with Gasteiger partial charge in [0.15, 0.2) is 5.76 Å². The molecule has 5 rings (SSSR count). The van der Waals surface area contributed by atoms with Crippen molar-refractivity contribution in [3.8, 4) is 0 Å². The molecule has 0 amide bonds. The van der Waals surface area contributed by atoms with Crippen LogP contribution in [0.1, 0.15) is 93.4 Å². The molecule has 36 heavy (non-hydrogen) atoms. The number of methoxy groups -OCH3 is 1. The van der Waals surface area contributed by atoms with Crippen molar-refractivity contribution in [3.05, 3.63) is 46.3 Å². The molecule has 0 unspecified atom stereocenters. The van der Waals surface area contributed by atoms with Crippen molar-refractivity contribution in [2.45, 2.75) is 93.4 Å². The highest BCUT2D eigenvalue weighted by Crippen LogP contribution is 2.75. The zero-order valence-electron chi connectivity index (χ0n) is 23.6. The van der Waals surface area contributed by atoms with Crippen LogP contribution in [0.15, 0.2) is 46.3 Å². The van der Waals surface area contributed by atoms with Crippen LogP contribution in [-0.2, 0) is 19.1 Å². The molecule has 4 heteroatoms. The summed E-state index contributed by atoms with van der Waals surface area (Å²) >= 11 is 0. The maximum absolute atomic E-state index is 13.1. The summed E-state index contributed by atoms with van der Waals surface area (Å²) in [6, 6.07) is 0. The minimum Gasteiger partial charge on any atom is -0.492 e. The summed E-state index contributed by atoms with van der Waals surface area (Å²) in [7, 11) is 1.59. The Morgan fingerprint density at radius 1 is 1.00 bits per heavy atom. The number of esters is 1. The molecule has 0 N–H and O–H groups in total. The Balaban J connectivity index is 1.60. The highest BCUT2D eigenvalue weighted by atomic mass is 16.5. The number of ketones is 1. The number of fused-ring (bicyclic) bond motifs is 7. The van der Waals surface area contributed by atoms with Gasteiger partial charge in [0.05, 0.1) is 19.1 Å². The third kappa shape index (κ3) is 3.11. The van der Waals surface area contributed by atoms with E-state index in [0.717, 1.165) is 49.7 Å². The van der Waals surface area contributed by atoms with E-state index in [4.69, 9.17) is 9.47 Å². The molecular weight excluding hydrogens is 448 g/mol. The van der Waals surface area contributed by atoms with Gasteiger partial charge in [0.2, 0.25) is 5.78 Å². The number of hydrogen-bond acceptors (Lipinski definition) is 4. The number of hydrogen-bond donors (Lipinski definition) is 0. The molecule has 0 aliphatic heterocycles. The Labute approximate surface area is 217 Å². The standard InChI is InChI=1S/C32H44O4/c1-9-36-27(34)29(4)13-12-28(3)14-16-31(6)24-11-10-21-20(2)26(35-8)23(33)18-22(21)30(24,5)15-17-32(31,7)25(28)19-29/h10-11,18,25H,9,12-17,19H2,1-8H3/t25-,28-,29-,30+,31-,32+/m1/s1. The quantitative estimate of drug-likeness (QED) is 0.389. The van der Waals surface area contributed by atoms with E-state index in [9.17, 15) is 9.59 Å². The molecule has 0 aromatic rings.